The summed E-state index contributed by atoms with van der Waals surface area (Å²) in [5.74, 6) is -0.0369. The Morgan fingerprint density at radius 3 is 2.94 bits per heavy atom. The third-order valence-corrected chi connectivity index (χ3v) is 3.83. The van der Waals surface area contributed by atoms with Crippen LogP contribution in [0.2, 0.25) is 0 Å². The second-order valence-electron chi connectivity index (χ2n) is 5.26. The third kappa shape index (κ3) is 2.17. The predicted molar refractivity (Wildman–Crippen MR) is 68.5 cm³/mol. The van der Waals surface area contributed by atoms with Crippen LogP contribution in [0.3, 0.4) is 0 Å². The van der Waals surface area contributed by atoms with E-state index in [9.17, 15) is 9.90 Å². The zero-order chi connectivity index (χ0) is 13.3. The van der Waals surface area contributed by atoms with Crippen LogP contribution in [0.5, 0.6) is 0 Å². The van der Waals surface area contributed by atoms with Crippen LogP contribution in [0.4, 0.5) is 5.82 Å². The van der Waals surface area contributed by atoms with Gasteiger partial charge in [0.05, 0.1) is 16.8 Å². The number of aliphatic carboxylic acids is 1. The van der Waals surface area contributed by atoms with Crippen LogP contribution in [0.25, 0.3) is 0 Å². The Kier molecular flexibility index (Phi) is 3.24. The second kappa shape index (κ2) is 4.55. The van der Waals surface area contributed by atoms with Gasteiger partial charge in [0, 0.05) is 12.2 Å². The average molecular weight is 249 g/mol. The number of aromatic nitrogens is 2. The molecule has 1 aliphatic carbocycles. The molecule has 1 aliphatic rings. The Hall–Kier alpha value is -1.65. The van der Waals surface area contributed by atoms with Gasteiger partial charge in [-0.1, -0.05) is 6.42 Å². The lowest BCUT2D eigenvalue weighted by atomic mass is 9.85. The maximum atomic E-state index is 11.4. The van der Waals surface area contributed by atoms with E-state index in [1.165, 1.54) is 0 Å². The molecule has 0 amide bonds. The molecular formula is C13H19N3O2. The van der Waals surface area contributed by atoms with Gasteiger partial charge in [0.1, 0.15) is 5.82 Å². The Balaban J connectivity index is 2.23. The van der Waals surface area contributed by atoms with Crippen molar-refractivity contribution in [1.82, 2.24) is 9.97 Å². The topological polar surface area (TPSA) is 75.1 Å². The molecule has 2 unspecified atom stereocenters. The van der Waals surface area contributed by atoms with E-state index in [4.69, 9.17) is 0 Å². The van der Waals surface area contributed by atoms with Crippen LogP contribution in [0, 0.1) is 19.3 Å². The molecule has 1 saturated carbocycles. The predicted octanol–water partition coefficient (Wildman–Crippen LogP) is 2.15. The molecule has 2 N–H and O–H groups in total. The minimum atomic E-state index is -0.740. The van der Waals surface area contributed by atoms with E-state index in [0.29, 0.717) is 12.2 Å². The van der Waals surface area contributed by atoms with E-state index < -0.39 is 11.4 Å². The molecule has 5 heteroatoms. The quantitative estimate of drug-likeness (QED) is 0.858. The highest BCUT2D eigenvalue weighted by Gasteiger charge is 2.45. The monoisotopic (exact) mass is 249 g/mol. The summed E-state index contributed by atoms with van der Waals surface area (Å²) in [4.78, 5) is 20.0. The first-order valence-electron chi connectivity index (χ1n) is 6.23. The lowest BCUT2D eigenvalue weighted by molar-refractivity contribution is -0.147. The van der Waals surface area contributed by atoms with Crippen LogP contribution < -0.4 is 5.32 Å². The second-order valence-corrected chi connectivity index (χ2v) is 5.26. The van der Waals surface area contributed by atoms with Crippen molar-refractivity contribution in [2.75, 3.05) is 5.32 Å². The smallest absolute Gasteiger partial charge is 0.311 e. The van der Waals surface area contributed by atoms with Crippen molar-refractivity contribution < 1.29 is 9.90 Å². The molecule has 1 aromatic rings. The lowest BCUT2D eigenvalue weighted by Gasteiger charge is -2.28. The SMILES string of the molecule is Cc1cnc(C)c(NC2CCCC2(C)C(=O)O)n1. The average Bonchev–Trinajstić information content (AvgIpc) is 2.67. The van der Waals surface area contributed by atoms with Crippen LogP contribution >= 0.6 is 0 Å². The number of anilines is 1. The van der Waals surface area contributed by atoms with E-state index in [0.717, 1.165) is 24.2 Å². The van der Waals surface area contributed by atoms with Crippen molar-refractivity contribution in [2.24, 2.45) is 5.41 Å². The molecule has 0 aromatic carbocycles. The van der Waals surface area contributed by atoms with Gasteiger partial charge in [0.15, 0.2) is 0 Å². The zero-order valence-corrected chi connectivity index (χ0v) is 11.0. The summed E-state index contributed by atoms with van der Waals surface area (Å²) in [6.45, 7) is 5.56. The van der Waals surface area contributed by atoms with E-state index in [-0.39, 0.29) is 6.04 Å². The standard InChI is InChI=1S/C13H19N3O2/c1-8-7-14-9(2)11(15-8)16-10-5-4-6-13(10,3)12(17)18/h7,10H,4-6H2,1-3H3,(H,15,16)(H,17,18). The normalized spacial score (nSPS) is 27.2. The highest BCUT2D eigenvalue weighted by molar-refractivity contribution is 5.76. The number of carboxylic acids is 1. The first-order valence-corrected chi connectivity index (χ1v) is 6.23. The molecule has 18 heavy (non-hydrogen) atoms. The van der Waals surface area contributed by atoms with Crippen molar-refractivity contribution in [3.05, 3.63) is 17.6 Å². The maximum Gasteiger partial charge on any atom is 0.311 e. The molecule has 1 fully saturated rings. The van der Waals surface area contributed by atoms with Crippen LogP contribution in [0.15, 0.2) is 6.20 Å². The molecule has 5 nitrogen and oxygen atoms in total. The molecular weight excluding hydrogens is 230 g/mol. The summed E-state index contributed by atoms with van der Waals surface area (Å²) in [5.41, 5.74) is 0.927. The Bertz CT molecular complexity index is 475. The molecule has 1 heterocycles. The molecule has 0 spiro atoms. The van der Waals surface area contributed by atoms with E-state index in [2.05, 4.69) is 15.3 Å². The number of hydrogen-bond donors (Lipinski definition) is 2. The summed E-state index contributed by atoms with van der Waals surface area (Å²) in [5, 5.41) is 12.6. The van der Waals surface area contributed by atoms with Gasteiger partial charge in [-0.2, -0.15) is 0 Å². The lowest BCUT2D eigenvalue weighted by Crippen LogP contribution is -2.40. The first kappa shape index (κ1) is 12.8. The fourth-order valence-corrected chi connectivity index (χ4v) is 2.49. The molecule has 2 rings (SSSR count). The van der Waals surface area contributed by atoms with E-state index >= 15 is 0 Å². The largest absolute Gasteiger partial charge is 0.481 e. The number of nitrogens with one attached hydrogen (secondary N) is 1. The van der Waals surface area contributed by atoms with Crippen LogP contribution in [-0.4, -0.2) is 27.1 Å². The highest BCUT2D eigenvalue weighted by Crippen LogP contribution is 2.39. The van der Waals surface area contributed by atoms with Crippen molar-refractivity contribution in [2.45, 2.75) is 46.1 Å². The highest BCUT2D eigenvalue weighted by atomic mass is 16.4. The number of carboxylic acid groups (broad SMARTS) is 1. The number of hydrogen-bond acceptors (Lipinski definition) is 4. The van der Waals surface area contributed by atoms with Crippen molar-refractivity contribution in [3.63, 3.8) is 0 Å². The number of nitrogens with zero attached hydrogens (tertiary/aromatic N) is 2. The first-order chi connectivity index (χ1) is 8.43. The van der Waals surface area contributed by atoms with Gasteiger partial charge in [0.2, 0.25) is 0 Å². The number of rotatable bonds is 3. The van der Waals surface area contributed by atoms with Crippen LogP contribution in [-0.2, 0) is 4.79 Å². The summed E-state index contributed by atoms with van der Waals surface area (Å²) in [6.07, 6.45) is 4.21. The summed E-state index contributed by atoms with van der Waals surface area (Å²) in [7, 11) is 0. The minimum Gasteiger partial charge on any atom is -0.481 e. The molecule has 0 saturated heterocycles. The number of aryl methyl sites for hydroxylation is 2. The Morgan fingerprint density at radius 2 is 2.28 bits per heavy atom. The van der Waals surface area contributed by atoms with Crippen molar-refractivity contribution in [1.29, 1.82) is 0 Å². The molecule has 1 aromatic heterocycles. The van der Waals surface area contributed by atoms with Gasteiger partial charge in [-0.3, -0.25) is 9.78 Å². The van der Waals surface area contributed by atoms with Gasteiger partial charge in [-0.05, 0) is 33.6 Å². The van der Waals surface area contributed by atoms with Crippen molar-refractivity contribution >= 4 is 11.8 Å². The van der Waals surface area contributed by atoms with E-state index in [1.807, 2.05) is 13.8 Å². The van der Waals surface area contributed by atoms with Gasteiger partial charge >= 0.3 is 5.97 Å². The fourth-order valence-electron chi connectivity index (χ4n) is 2.49. The zero-order valence-electron chi connectivity index (χ0n) is 11.0. The minimum absolute atomic E-state index is 0.0789. The molecule has 0 bridgehead atoms. The summed E-state index contributed by atoms with van der Waals surface area (Å²) in [6, 6.07) is -0.0789. The van der Waals surface area contributed by atoms with Crippen LogP contribution in [0.1, 0.15) is 37.6 Å². The molecule has 0 radical (unpaired) electrons. The Morgan fingerprint density at radius 1 is 1.56 bits per heavy atom. The van der Waals surface area contributed by atoms with E-state index in [1.54, 1.807) is 13.1 Å². The number of carbonyl (C=O) groups is 1. The molecule has 0 aliphatic heterocycles. The summed E-state index contributed by atoms with van der Waals surface area (Å²) >= 11 is 0. The Labute approximate surface area is 107 Å². The van der Waals surface area contributed by atoms with Gasteiger partial charge in [-0.25, -0.2) is 4.98 Å². The summed E-state index contributed by atoms with van der Waals surface area (Å²) < 4.78 is 0. The third-order valence-electron chi connectivity index (χ3n) is 3.83. The molecule has 2 atom stereocenters. The van der Waals surface area contributed by atoms with Gasteiger partial charge < -0.3 is 10.4 Å². The maximum absolute atomic E-state index is 11.4. The van der Waals surface area contributed by atoms with Crippen molar-refractivity contribution in [3.8, 4) is 0 Å². The van der Waals surface area contributed by atoms with Gasteiger partial charge in [-0.15, -0.1) is 0 Å². The fraction of sp³-hybridized carbons (Fsp3) is 0.615. The van der Waals surface area contributed by atoms with Gasteiger partial charge in [0.25, 0.3) is 0 Å². The molecule has 98 valence electrons.